The molecule has 1 atom stereocenters. The van der Waals surface area contributed by atoms with E-state index in [4.69, 9.17) is 0 Å². The normalized spacial score (nSPS) is 19.3. The van der Waals surface area contributed by atoms with Crippen LogP contribution in [-0.4, -0.2) is 43.0 Å². The van der Waals surface area contributed by atoms with Gasteiger partial charge in [-0.1, -0.05) is 36.4 Å². The molecule has 2 aliphatic heterocycles. The Labute approximate surface area is 162 Å². The lowest BCUT2D eigenvalue weighted by Crippen LogP contribution is -2.55. The highest BCUT2D eigenvalue weighted by molar-refractivity contribution is 5.90. The lowest BCUT2D eigenvalue weighted by Gasteiger charge is -2.46. The third-order valence-corrected chi connectivity index (χ3v) is 5.80. The molecule has 1 unspecified atom stereocenters. The third kappa shape index (κ3) is 4.51. The van der Waals surface area contributed by atoms with E-state index in [-0.39, 0.29) is 5.91 Å². The summed E-state index contributed by atoms with van der Waals surface area (Å²) in [5.74, 6) is 0.120. The number of amides is 1. The number of para-hydroxylation sites is 2. The Balaban J connectivity index is 1.18. The number of hydrogen-bond acceptors (Lipinski definition) is 3. The van der Waals surface area contributed by atoms with E-state index in [0.717, 1.165) is 44.7 Å². The fourth-order valence-electron chi connectivity index (χ4n) is 4.38. The van der Waals surface area contributed by atoms with Crippen molar-refractivity contribution in [3.05, 3.63) is 60.2 Å². The molecule has 4 heteroatoms. The average Bonchev–Trinajstić information content (AvgIpc) is 2.71. The second-order valence-electron chi connectivity index (χ2n) is 7.69. The van der Waals surface area contributed by atoms with Crippen molar-refractivity contribution in [1.29, 1.82) is 0 Å². The zero-order chi connectivity index (χ0) is 18.5. The molecule has 1 amide bonds. The molecular formula is C23H29N3O. The van der Waals surface area contributed by atoms with Gasteiger partial charge in [-0.15, -0.1) is 0 Å². The summed E-state index contributed by atoms with van der Waals surface area (Å²) in [6.45, 7) is 4.51. The van der Waals surface area contributed by atoms with E-state index in [1.165, 1.54) is 24.1 Å². The van der Waals surface area contributed by atoms with Crippen LogP contribution in [0.4, 0.5) is 11.4 Å². The van der Waals surface area contributed by atoms with Gasteiger partial charge < -0.3 is 10.2 Å². The first-order valence-corrected chi connectivity index (χ1v) is 10.2. The van der Waals surface area contributed by atoms with Gasteiger partial charge in [0.25, 0.3) is 0 Å². The van der Waals surface area contributed by atoms with Crippen LogP contribution < -0.4 is 10.2 Å². The van der Waals surface area contributed by atoms with Gasteiger partial charge in [-0.2, -0.15) is 0 Å². The van der Waals surface area contributed by atoms with Crippen LogP contribution in [0.3, 0.4) is 0 Å². The summed E-state index contributed by atoms with van der Waals surface area (Å²) >= 11 is 0. The molecule has 0 aromatic heterocycles. The molecule has 27 heavy (non-hydrogen) atoms. The number of anilines is 2. The number of hydrogen-bond donors (Lipinski definition) is 1. The van der Waals surface area contributed by atoms with Crippen LogP contribution in [0.1, 0.15) is 31.2 Å². The molecule has 0 bridgehead atoms. The van der Waals surface area contributed by atoms with E-state index in [9.17, 15) is 4.79 Å². The Hall–Kier alpha value is -2.33. The van der Waals surface area contributed by atoms with Gasteiger partial charge in [-0.05, 0) is 56.0 Å². The zero-order valence-corrected chi connectivity index (χ0v) is 15.9. The fraction of sp³-hybridized carbons (Fsp3) is 0.435. The number of unbranched alkanes of at least 4 members (excludes halogenated alkanes) is 1. The minimum Gasteiger partial charge on any atom is -0.366 e. The standard InChI is InChI=1S/C23H29N3O/c27-23(24-20-9-2-1-3-10-20)12-6-7-15-25-16-17-26-21(18-25)14-13-19-8-4-5-11-22(19)26/h1-5,8-11,21H,6-7,12-18H2,(H,24,27). The Morgan fingerprint density at radius 2 is 1.81 bits per heavy atom. The van der Waals surface area contributed by atoms with Gasteiger partial charge in [-0.25, -0.2) is 0 Å². The molecule has 142 valence electrons. The molecule has 0 aliphatic carbocycles. The van der Waals surface area contributed by atoms with Gasteiger partial charge in [0, 0.05) is 43.5 Å². The van der Waals surface area contributed by atoms with Crippen molar-refractivity contribution in [2.24, 2.45) is 0 Å². The van der Waals surface area contributed by atoms with Gasteiger partial charge in [0.2, 0.25) is 5.91 Å². The fourth-order valence-corrected chi connectivity index (χ4v) is 4.38. The highest BCUT2D eigenvalue weighted by Gasteiger charge is 2.30. The number of carbonyl (C=O) groups excluding carboxylic acids is 1. The minimum absolute atomic E-state index is 0.120. The molecule has 1 fully saturated rings. The maximum absolute atomic E-state index is 12.0. The second-order valence-corrected chi connectivity index (χ2v) is 7.69. The monoisotopic (exact) mass is 363 g/mol. The Morgan fingerprint density at radius 1 is 1.00 bits per heavy atom. The van der Waals surface area contributed by atoms with Crippen LogP contribution in [0.25, 0.3) is 0 Å². The van der Waals surface area contributed by atoms with E-state index < -0.39 is 0 Å². The first-order chi connectivity index (χ1) is 13.3. The predicted octanol–water partition coefficient (Wildman–Crippen LogP) is 3.93. The van der Waals surface area contributed by atoms with Gasteiger partial charge >= 0.3 is 0 Å². The van der Waals surface area contributed by atoms with Gasteiger partial charge in [0.15, 0.2) is 0 Å². The number of benzene rings is 2. The number of rotatable bonds is 6. The topological polar surface area (TPSA) is 35.6 Å². The maximum atomic E-state index is 12.0. The number of fused-ring (bicyclic) bond motifs is 3. The molecular weight excluding hydrogens is 334 g/mol. The van der Waals surface area contributed by atoms with Crippen LogP contribution >= 0.6 is 0 Å². The van der Waals surface area contributed by atoms with Gasteiger partial charge in [0.05, 0.1) is 0 Å². The minimum atomic E-state index is 0.120. The molecule has 2 heterocycles. The molecule has 2 aromatic rings. The molecule has 2 aliphatic rings. The number of carbonyl (C=O) groups is 1. The molecule has 4 nitrogen and oxygen atoms in total. The summed E-state index contributed by atoms with van der Waals surface area (Å²) in [4.78, 5) is 17.2. The summed E-state index contributed by atoms with van der Waals surface area (Å²) in [7, 11) is 0. The highest BCUT2D eigenvalue weighted by atomic mass is 16.1. The van der Waals surface area contributed by atoms with Crippen molar-refractivity contribution in [2.75, 3.05) is 36.4 Å². The molecule has 0 radical (unpaired) electrons. The largest absolute Gasteiger partial charge is 0.366 e. The van der Waals surface area contributed by atoms with Crippen LogP contribution in [0.5, 0.6) is 0 Å². The first-order valence-electron chi connectivity index (χ1n) is 10.2. The Kier molecular flexibility index (Phi) is 5.73. The summed E-state index contributed by atoms with van der Waals surface area (Å²) in [5.41, 5.74) is 3.84. The molecule has 4 rings (SSSR count). The molecule has 1 saturated heterocycles. The number of nitrogens with one attached hydrogen (secondary N) is 1. The molecule has 2 aromatic carbocycles. The highest BCUT2D eigenvalue weighted by Crippen LogP contribution is 2.32. The van der Waals surface area contributed by atoms with E-state index in [0.29, 0.717) is 12.5 Å². The molecule has 1 N–H and O–H groups in total. The van der Waals surface area contributed by atoms with Crippen molar-refractivity contribution in [3.8, 4) is 0 Å². The van der Waals surface area contributed by atoms with Gasteiger partial charge in [0.1, 0.15) is 0 Å². The summed E-state index contributed by atoms with van der Waals surface area (Å²) in [6, 6.07) is 19.2. The summed E-state index contributed by atoms with van der Waals surface area (Å²) in [5, 5.41) is 2.97. The van der Waals surface area contributed by atoms with E-state index in [1.807, 2.05) is 30.3 Å². The van der Waals surface area contributed by atoms with Crippen LogP contribution in [-0.2, 0) is 11.2 Å². The van der Waals surface area contributed by atoms with Crippen LogP contribution in [0.15, 0.2) is 54.6 Å². The molecule has 0 spiro atoms. The maximum Gasteiger partial charge on any atom is 0.224 e. The second kappa shape index (κ2) is 8.57. The van der Waals surface area contributed by atoms with Crippen molar-refractivity contribution in [1.82, 2.24) is 4.90 Å². The van der Waals surface area contributed by atoms with Crippen LogP contribution in [0.2, 0.25) is 0 Å². The number of nitrogens with zero attached hydrogens (tertiary/aromatic N) is 2. The SMILES string of the molecule is O=C(CCCCN1CCN2c3ccccc3CCC2C1)Nc1ccccc1. The Bertz CT molecular complexity index is 761. The van der Waals surface area contributed by atoms with Crippen molar-refractivity contribution in [3.63, 3.8) is 0 Å². The average molecular weight is 364 g/mol. The lowest BCUT2D eigenvalue weighted by molar-refractivity contribution is -0.116. The lowest BCUT2D eigenvalue weighted by atomic mass is 9.94. The summed E-state index contributed by atoms with van der Waals surface area (Å²) in [6.07, 6.45) is 5.10. The van der Waals surface area contributed by atoms with E-state index in [1.54, 1.807) is 0 Å². The first kappa shape index (κ1) is 18.1. The number of aryl methyl sites for hydroxylation is 1. The van der Waals surface area contributed by atoms with E-state index >= 15 is 0 Å². The van der Waals surface area contributed by atoms with Crippen molar-refractivity contribution in [2.45, 2.75) is 38.1 Å². The zero-order valence-electron chi connectivity index (χ0n) is 15.9. The van der Waals surface area contributed by atoms with Crippen molar-refractivity contribution >= 4 is 17.3 Å². The summed E-state index contributed by atoms with van der Waals surface area (Å²) < 4.78 is 0. The quantitative estimate of drug-likeness (QED) is 0.790. The predicted molar refractivity (Wildman–Crippen MR) is 111 cm³/mol. The Morgan fingerprint density at radius 3 is 2.70 bits per heavy atom. The smallest absolute Gasteiger partial charge is 0.224 e. The van der Waals surface area contributed by atoms with Crippen molar-refractivity contribution < 1.29 is 4.79 Å². The third-order valence-electron chi connectivity index (χ3n) is 5.80. The molecule has 0 saturated carbocycles. The van der Waals surface area contributed by atoms with Crippen LogP contribution in [0, 0.1) is 0 Å². The number of piperazine rings is 1. The van der Waals surface area contributed by atoms with E-state index in [2.05, 4.69) is 39.4 Å². The van der Waals surface area contributed by atoms with Gasteiger partial charge in [-0.3, -0.25) is 9.69 Å².